The molecule has 0 spiro atoms. The minimum atomic E-state index is -3.95. The molecule has 4 amide bonds. The Labute approximate surface area is 264 Å². The number of hydrogen-bond donors (Lipinski definition) is 3. The van der Waals surface area contributed by atoms with Crippen LogP contribution < -0.4 is 15.4 Å². The Kier molecular flexibility index (Phi) is 9.14. The number of benzene rings is 3. The first-order valence-electron chi connectivity index (χ1n) is 14.8. The van der Waals surface area contributed by atoms with Gasteiger partial charge in [-0.1, -0.05) is 69.3 Å². The van der Waals surface area contributed by atoms with Crippen LogP contribution in [0.15, 0.2) is 72.8 Å². The average Bonchev–Trinajstić information content (AvgIpc) is 3.42. The second-order valence-corrected chi connectivity index (χ2v) is 14.0. The maximum atomic E-state index is 13.2. The van der Waals surface area contributed by atoms with E-state index in [9.17, 15) is 18.0 Å². The molecule has 45 heavy (non-hydrogen) atoms. The standard InChI is InChI=1S/C32H40N8O4S/c1-32(2,3)28-21-29(34-30(41)33-27-15-9-12-24-11-6-7-14-26(24)27)40(35-28)25-13-8-10-23(20-25)22-38(5)31(42)36-45(43,44)39-18-16-37(4)17-19-39/h6-15,20-21H,16-19,22H2,1-5H3,(H,36,42)(H2,33,34,41). The van der Waals surface area contributed by atoms with Gasteiger partial charge in [0.1, 0.15) is 5.82 Å². The predicted molar refractivity (Wildman–Crippen MR) is 177 cm³/mol. The smallest absolute Gasteiger partial charge is 0.323 e. The molecule has 0 saturated carbocycles. The largest absolute Gasteiger partial charge is 0.332 e. The fourth-order valence-corrected chi connectivity index (χ4v) is 6.20. The summed E-state index contributed by atoms with van der Waals surface area (Å²) in [6.45, 7) is 8.12. The second kappa shape index (κ2) is 12.9. The summed E-state index contributed by atoms with van der Waals surface area (Å²) in [6.07, 6.45) is 0. The Balaban J connectivity index is 1.33. The average molecular weight is 633 g/mol. The molecule has 3 aromatic carbocycles. The van der Waals surface area contributed by atoms with Gasteiger partial charge in [-0.3, -0.25) is 5.32 Å². The molecule has 1 saturated heterocycles. The third-order valence-corrected chi connectivity index (χ3v) is 9.17. The zero-order chi connectivity index (χ0) is 32.4. The van der Waals surface area contributed by atoms with E-state index in [1.165, 1.54) is 16.3 Å². The second-order valence-electron chi connectivity index (χ2n) is 12.3. The van der Waals surface area contributed by atoms with E-state index >= 15 is 0 Å². The van der Waals surface area contributed by atoms with Crippen molar-refractivity contribution < 1.29 is 18.0 Å². The van der Waals surface area contributed by atoms with E-state index in [4.69, 9.17) is 5.10 Å². The number of nitrogens with one attached hydrogen (secondary N) is 3. The number of amides is 4. The summed E-state index contributed by atoms with van der Waals surface area (Å²) >= 11 is 0. The zero-order valence-corrected chi connectivity index (χ0v) is 27.1. The number of anilines is 2. The summed E-state index contributed by atoms with van der Waals surface area (Å²) in [5.41, 5.74) is 2.59. The first kappa shape index (κ1) is 31.9. The fraction of sp³-hybridized carbons (Fsp3) is 0.344. The van der Waals surface area contributed by atoms with Gasteiger partial charge < -0.3 is 15.1 Å². The molecule has 0 radical (unpaired) electrons. The molecule has 2 heterocycles. The number of aromatic nitrogens is 2. The molecule has 1 aromatic heterocycles. The highest BCUT2D eigenvalue weighted by Gasteiger charge is 2.28. The van der Waals surface area contributed by atoms with Gasteiger partial charge >= 0.3 is 22.3 Å². The molecule has 1 fully saturated rings. The molecule has 0 unspecified atom stereocenters. The van der Waals surface area contributed by atoms with Crippen LogP contribution in [0.3, 0.4) is 0 Å². The lowest BCUT2D eigenvalue weighted by molar-refractivity contribution is 0.206. The van der Waals surface area contributed by atoms with Crippen molar-refractivity contribution in [1.29, 1.82) is 0 Å². The first-order valence-corrected chi connectivity index (χ1v) is 16.2. The van der Waals surface area contributed by atoms with Crippen LogP contribution in [0.25, 0.3) is 16.5 Å². The van der Waals surface area contributed by atoms with E-state index in [0.717, 1.165) is 22.0 Å². The lowest BCUT2D eigenvalue weighted by Gasteiger charge is -2.31. The van der Waals surface area contributed by atoms with Crippen molar-refractivity contribution in [1.82, 2.24) is 28.6 Å². The maximum absolute atomic E-state index is 13.2. The van der Waals surface area contributed by atoms with Crippen molar-refractivity contribution in [2.75, 3.05) is 50.9 Å². The highest BCUT2D eigenvalue weighted by Crippen LogP contribution is 2.28. The SMILES string of the molecule is CN1CCN(S(=O)(=O)NC(=O)N(C)Cc2cccc(-n3nc(C(C)(C)C)cc3NC(=O)Nc3cccc4ccccc34)c2)CC1. The Hall–Kier alpha value is -4.46. The van der Waals surface area contributed by atoms with Gasteiger partial charge in [-0.05, 0) is 36.2 Å². The van der Waals surface area contributed by atoms with Crippen LogP contribution in [0, 0.1) is 0 Å². The first-order chi connectivity index (χ1) is 21.3. The summed E-state index contributed by atoms with van der Waals surface area (Å²) < 4.78 is 30.7. The van der Waals surface area contributed by atoms with Crippen molar-refractivity contribution in [3.63, 3.8) is 0 Å². The number of nitrogens with zero attached hydrogens (tertiary/aromatic N) is 5. The van der Waals surface area contributed by atoms with Gasteiger partial charge in [0.05, 0.1) is 17.1 Å². The molecule has 3 N–H and O–H groups in total. The van der Waals surface area contributed by atoms with Crippen LogP contribution in [0.4, 0.5) is 21.1 Å². The van der Waals surface area contributed by atoms with E-state index in [2.05, 4.69) is 15.4 Å². The number of urea groups is 2. The molecular formula is C32H40N8O4S. The Bertz CT molecular complexity index is 1800. The van der Waals surface area contributed by atoms with Crippen LogP contribution in [0.5, 0.6) is 0 Å². The van der Waals surface area contributed by atoms with Gasteiger partial charge in [0.2, 0.25) is 0 Å². The Morgan fingerprint density at radius 2 is 1.60 bits per heavy atom. The summed E-state index contributed by atoms with van der Waals surface area (Å²) in [7, 11) is -0.485. The van der Waals surface area contributed by atoms with Crippen LogP contribution in [-0.4, -0.2) is 84.6 Å². The molecule has 13 heteroatoms. The third kappa shape index (κ3) is 7.62. The van der Waals surface area contributed by atoms with Crippen LogP contribution in [0.1, 0.15) is 32.0 Å². The van der Waals surface area contributed by atoms with Crippen molar-refractivity contribution in [3.8, 4) is 5.69 Å². The zero-order valence-electron chi connectivity index (χ0n) is 26.2. The number of carbonyl (C=O) groups excluding carboxylic acids is 2. The van der Waals surface area contributed by atoms with Crippen molar-refractivity contribution >= 4 is 44.5 Å². The fourth-order valence-electron chi connectivity index (χ4n) is 5.05. The van der Waals surface area contributed by atoms with Crippen LogP contribution in [0.2, 0.25) is 0 Å². The van der Waals surface area contributed by atoms with Crippen molar-refractivity contribution in [2.45, 2.75) is 32.7 Å². The molecule has 5 rings (SSSR count). The quantitative estimate of drug-likeness (QED) is 0.273. The molecule has 238 valence electrons. The van der Waals surface area contributed by atoms with Gasteiger partial charge in [-0.2, -0.15) is 17.8 Å². The number of hydrogen-bond acceptors (Lipinski definition) is 6. The number of likely N-dealkylation sites (N-methyl/N-ethyl adjacent to an activating group) is 1. The highest BCUT2D eigenvalue weighted by molar-refractivity contribution is 7.87. The summed E-state index contributed by atoms with van der Waals surface area (Å²) in [6, 6.07) is 21.7. The molecule has 0 bridgehead atoms. The lowest BCUT2D eigenvalue weighted by atomic mass is 9.92. The molecule has 0 aliphatic carbocycles. The summed E-state index contributed by atoms with van der Waals surface area (Å²) in [5.74, 6) is 0.471. The monoisotopic (exact) mass is 632 g/mol. The van der Waals surface area contributed by atoms with Gasteiger partial charge in [0.25, 0.3) is 0 Å². The molecular weight excluding hydrogens is 592 g/mol. The number of piperazine rings is 1. The van der Waals surface area contributed by atoms with E-state index in [-0.39, 0.29) is 12.0 Å². The third-order valence-electron chi connectivity index (χ3n) is 7.70. The van der Waals surface area contributed by atoms with Crippen molar-refractivity contribution in [3.05, 3.63) is 84.1 Å². The molecule has 12 nitrogen and oxygen atoms in total. The van der Waals surface area contributed by atoms with Gasteiger partial charge in [-0.25, -0.2) is 19.0 Å². The van der Waals surface area contributed by atoms with E-state index in [0.29, 0.717) is 43.4 Å². The molecule has 1 aliphatic heterocycles. The van der Waals surface area contributed by atoms with Gasteiger partial charge in [-0.15, -0.1) is 0 Å². The summed E-state index contributed by atoms with van der Waals surface area (Å²) in [4.78, 5) is 29.5. The number of rotatable bonds is 7. The topological polar surface area (TPSA) is 132 Å². The normalized spacial score (nSPS) is 14.7. The number of carbonyl (C=O) groups is 2. The minimum absolute atomic E-state index is 0.148. The summed E-state index contributed by atoms with van der Waals surface area (Å²) in [5, 5.41) is 12.7. The van der Waals surface area contributed by atoms with E-state index in [1.807, 2.05) is 106 Å². The highest BCUT2D eigenvalue weighted by atomic mass is 32.2. The number of fused-ring (bicyclic) bond motifs is 1. The van der Waals surface area contributed by atoms with Crippen LogP contribution >= 0.6 is 0 Å². The Morgan fingerprint density at radius 3 is 2.33 bits per heavy atom. The van der Waals surface area contributed by atoms with E-state index < -0.39 is 22.3 Å². The van der Waals surface area contributed by atoms with Gasteiger partial charge in [0.15, 0.2) is 0 Å². The van der Waals surface area contributed by atoms with E-state index in [1.54, 1.807) is 4.68 Å². The molecule has 0 atom stereocenters. The lowest BCUT2D eigenvalue weighted by Crippen LogP contribution is -2.53. The van der Waals surface area contributed by atoms with Crippen molar-refractivity contribution in [2.24, 2.45) is 0 Å². The molecule has 1 aliphatic rings. The van der Waals surface area contributed by atoms with Gasteiger partial charge in [0, 0.05) is 56.6 Å². The molecule has 4 aromatic rings. The predicted octanol–water partition coefficient (Wildman–Crippen LogP) is 4.60. The minimum Gasteiger partial charge on any atom is -0.323 e. The maximum Gasteiger partial charge on any atom is 0.332 e. The van der Waals surface area contributed by atoms with Crippen LogP contribution in [-0.2, 0) is 22.2 Å². The Morgan fingerprint density at radius 1 is 0.911 bits per heavy atom.